The third-order valence-electron chi connectivity index (χ3n) is 3.57. The largest absolute Gasteiger partial charge is 0.415 e. The highest BCUT2D eigenvalue weighted by atomic mass is 32.2. The number of alkyl halides is 3. The van der Waals surface area contributed by atoms with E-state index in [4.69, 9.17) is 5.11 Å². The third-order valence-corrected chi connectivity index (χ3v) is 4.73. The first kappa shape index (κ1) is 18.3. The van der Waals surface area contributed by atoms with E-state index in [2.05, 4.69) is 18.7 Å². The van der Waals surface area contributed by atoms with Crippen molar-refractivity contribution in [3.05, 3.63) is 29.8 Å². The van der Waals surface area contributed by atoms with Gasteiger partial charge < -0.3 is 5.11 Å². The molecule has 0 aliphatic rings. The lowest BCUT2D eigenvalue weighted by molar-refractivity contribution is -0.195. The average molecular weight is 321 g/mol. The lowest BCUT2D eigenvalue weighted by atomic mass is 10.1. The topological polar surface area (TPSA) is 23.5 Å². The highest BCUT2D eigenvalue weighted by molar-refractivity contribution is 7.99. The number of thioether (sulfide) groups is 1. The molecule has 0 spiro atoms. The fourth-order valence-corrected chi connectivity index (χ4v) is 2.99. The lowest BCUT2D eigenvalue weighted by Gasteiger charge is -2.30. The molecule has 0 amide bonds. The number of hydrogen-bond donors (Lipinski definition) is 1. The predicted octanol–water partition coefficient (Wildman–Crippen LogP) is 4.10. The Morgan fingerprint density at radius 2 is 1.76 bits per heavy atom. The van der Waals surface area contributed by atoms with Crippen LogP contribution in [0.25, 0.3) is 0 Å². The number of hydrogen-bond acceptors (Lipinski definition) is 3. The Kier molecular flexibility index (Phi) is 6.56. The fraction of sp³-hybridized carbons (Fsp3) is 0.600. The smallest absolute Gasteiger partial charge is 0.383 e. The maximum absolute atomic E-state index is 12.4. The maximum Gasteiger partial charge on any atom is 0.415 e. The van der Waals surface area contributed by atoms with Crippen molar-refractivity contribution in [2.75, 3.05) is 12.8 Å². The van der Waals surface area contributed by atoms with Gasteiger partial charge in [-0.2, -0.15) is 13.2 Å². The van der Waals surface area contributed by atoms with Crippen molar-refractivity contribution in [1.82, 2.24) is 4.90 Å². The van der Waals surface area contributed by atoms with Gasteiger partial charge in [-0.05, 0) is 39.4 Å². The van der Waals surface area contributed by atoms with Crippen molar-refractivity contribution in [3.63, 3.8) is 0 Å². The summed E-state index contributed by atoms with van der Waals surface area (Å²) in [7, 11) is 1.99. The minimum absolute atomic E-state index is 0.0942. The van der Waals surface area contributed by atoms with Crippen LogP contribution in [0.1, 0.15) is 32.4 Å². The zero-order valence-corrected chi connectivity index (χ0v) is 13.5. The summed E-state index contributed by atoms with van der Waals surface area (Å²) in [5.74, 6) is -0.390. The van der Waals surface area contributed by atoms with Gasteiger partial charge in [-0.3, -0.25) is 4.90 Å². The average Bonchev–Trinajstić information content (AvgIpc) is 2.42. The Balaban J connectivity index is 2.85. The minimum Gasteiger partial charge on any atom is -0.383 e. The Morgan fingerprint density at radius 3 is 2.29 bits per heavy atom. The highest BCUT2D eigenvalue weighted by Crippen LogP contribution is 2.33. The molecule has 120 valence electrons. The fourth-order valence-electron chi connectivity index (χ4n) is 1.89. The molecule has 6 heteroatoms. The van der Waals surface area contributed by atoms with Gasteiger partial charge in [0.25, 0.3) is 0 Å². The molecule has 1 N–H and O–H groups in total. The molecule has 1 rings (SSSR count). The van der Waals surface area contributed by atoms with Crippen molar-refractivity contribution >= 4 is 11.8 Å². The van der Waals surface area contributed by atoms with Crippen molar-refractivity contribution in [2.45, 2.75) is 50.0 Å². The van der Waals surface area contributed by atoms with Gasteiger partial charge >= 0.3 is 6.18 Å². The second kappa shape index (κ2) is 7.51. The SMILES string of the molecule is CC(C)N(C)[C@@H](C)c1ccccc1SCC(O)C(F)(F)F. The lowest BCUT2D eigenvalue weighted by Crippen LogP contribution is -2.31. The third kappa shape index (κ3) is 5.20. The van der Waals surface area contributed by atoms with Crippen LogP contribution in [0, 0.1) is 0 Å². The van der Waals surface area contributed by atoms with Crippen LogP contribution < -0.4 is 0 Å². The van der Waals surface area contributed by atoms with E-state index in [1.165, 1.54) is 0 Å². The van der Waals surface area contributed by atoms with Crippen molar-refractivity contribution < 1.29 is 18.3 Å². The van der Waals surface area contributed by atoms with Crippen molar-refractivity contribution in [1.29, 1.82) is 0 Å². The van der Waals surface area contributed by atoms with Gasteiger partial charge in [0.2, 0.25) is 0 Å². The highest BCUT2D eigenvalue weighted by Gasteiger charge is 2.38. The van der Waals surface area contributed by atoms with E-state index in [9.17, 15) is 13.2 Å². The Bertz CT molecular complexity index is 451. The molecule has 0 aliphatic heterocycles. The second-order valence-electron chi connectivity index (χ2n) is 5.34. The zero-order valence-electron chi connectivity index (χ0n) is 12.7. The van der Waals surface area contributed by atoms with Gasteiger partial charge in [0, 0.05) is 22.7 Å². The van der Waals surface area contributed by atoms with Gasteiger partial charge in [-0.25, -0.2) is 0 Å². The molecule has 2 atom stereocenters. The normalized spacial score (nSPS) is 15.5. The summed E-state index contributed by atoms with van der Waals surface area (Å²) in [4.78, 5) is 2.93. The van der Waals surface area contributed by atoms with Gasteiger partial charge in [0.1, 0.15) is 0 Å². The predicted molar refractivity (Wildman–Crippen MR) is 80.5 cm³/mol. The number of nitrogens with zero attached hydrogens (tertiary/aromatic N) is 1. The Hall–Kier alpha value is -0.720. The van der Waals surface area contributed by atoms with E-state index < -0.39 is 18.0 Å². The number of benzene rings is 1. The molecular weight excluding hydrogens is 299 g/mol. The summed E-state index contributed by atoms with van der Waals surface area (Å²) >= 11 is 1.04. The molecule has 0 radical (unpaired) electrons. The first-order valence-corrected chi connectivity index (χ1v) is 7.81. The van der Waals surface area contributed by atoms with E-state index >= 15 is 0 Å². The Labute approximate surface area is 128 Å². The summed E-state index contributed by atoms with van der Waals surface area (Å²) in [6.07, 6.45) is -6.86. The summed E-state index contributed by atoms with van der Waals surface area (Å²) < 4.78 is 37.1. The van der Waals surface area contributed by atoms with E-state index in [0.717, 1.165) is 22.2 Å². The monoisotopic (exact) mass is 321 g/mol. The molecule has 21 heavy (non-hydrogen) atoms. The first-order valence-electron chi connectivity index (χ1n) is 6.83. The molecule has 1 aromatic rings. The maximum atomic E-state index is 12.4. The van der Waals surface area contributed by atoms with Gasteiger partial charge in [-0.1, -0.05) is 18.2 Å². The molecule has 0 aromatic heterocycles. The van der Waals surface area contributed by atoms with E-state index in [1.54, 1.807) is 12.1 Å². The summed E-state index contributed by atoms with van der Waals surface area (Å²) in [6, 6.07) is 7.83. The van der Waals surface area contributed by atoms with Crippen LogP contribution in [0.15, 0.2) is 29.2 Å². The molecule has 1 aromatic carbocycles. The first-order chi connectivity index (χ1) is 9.64. The van der Waals surface area contributed by atoms with Crippen molar-refractivity contribution in [3.8, 4) is 0 Å². The van der Waals surface area contributed by atoms with Crippen molar-refractivity contribution in [2.24, 2.45) is 0 Å². The standard InChI is InChI=1S/C15H22F3NOS/c1-10(2)19(4)11(3)12-7-5-6-8-13(12)21-9-14(20)15(16,17)18/h5-8,10-11,14,20H,9H2,1-4H3/t11-,14?/m0/s1. The van der Waals surface area contributed by atoms with Gasteiger partial charge in [-0.15, -0.1) is 11.8 Å². The quantitative estimate of drug-likeness (QED) is 0.798. The van der Waals surface area contributed by atoms with Crippen LogP contribution in [-0.2, 0) is 0 Å². The number of rotatable bonds is 6. The van der Waals surface area contributed by atoms with E-state index in [0.29, 0.717) is 6.04 Å². The van der Waals surface area contributed by atoms with Crippen LogP contribution in [0.4, 0.5) is 13.2 Å². The minimum atomic E-state index is -4.57. The van der Waals surface area contributed by atoms with E-state index in [-0.39, 0.29) is 6.04 Å². The Morgan fingerprint density at radius 1 is 1.19 bits per heavy atom. The van der Waals surface area contributed by atoms with Gasteiger partial charge in [0.15, 0.2) is 6.10 Å². The molecule has 2 nitrogen and oxygen atoms in total. The molecule has 0 saturated carbocycles. The summed E-state index contributed by atoms with van der Waals surface area (Å²) in [6.45, 7) is 6.17. The van der Waals surface area contributed by atoms with Crippen LogP contribution in [0.3, 0.4) is 0 Å². The molecule has 0 heterocycles. The van der Waals surface area contributed by atoms with Crippen LogP contribution in [0.2, 0.25) is 0 Å². The number of halogens is 3. The zero-order chi connectivity index (χ0) is 16.2. The number of aliphatic hydroxyl groups is 1. The van der Waals surface area contributed by atoms with Crippen LogP contribution in [-0.4, -0.2) is 41.1 Å². The molecular formula is C15H22F3NOS. The van der Waals surface area contributed by atoms with E-state index in [1.807, 2.05) is 26.1 Å². The van der Waals surface area contributed by atoms with Gasteiger partial charge in [0.05, 0.1) is 0 Å². The number of aliphatic hydroxyl groups excluding tert-OH is 1. The summed E-state index contributed by atoms with van der Waals surface area (Å²) in [5, 5.41) is 9.12. The molecule has 0 aliphatic carbocycles. The van der Waals surface area contributed by atoms with Crippen LogP contribution >= 0.6 is 11.8 Å². The second-order valence-corrected chi connectivity index (χ2v) is 6.40. The molecule has 0 saturated heterocycles. The molecule has 0 fully saturated rings. The summed E-state index contributed by atoms with van der Waals surface area (Å²) in [5.41, 5.74) is 0.980. The van der Waals surface area contributed by atoms with Crippen LogP contribution in [0.5, 0.6) is 0 Å². The molecule has 1 unspecified atom stereocenters. The molecule has 0 bridgehead atoms.